The van der Waals surface area contributed by atoms with E-state index in [0.29, 0.717) is 24.6 Å². The first-order valence-corrected chi connectivity index (χ1v) is 16.8. The summed E-state index contributed by atoms with van der Waals surface area (Å²) in [5.41, 5.74) is 2.44. The molecule has 1 unspecified atom stereocenters. The van der Waals surface area contributed by atoms with E-state index < -0.39 is 14.3 Å². The average molecular weight is 545 g/mol. The fourth-order valence-corrected chi connectivity index (χ4v) is 9.10. The average Bonchev–Trinajstić information content (AvgIpc) is 3.46. The van der Waals surface area contributed by atoms with Gasteiger partial charge in [0.25, 0.3) is 0 Å². The minimum absolute atomic E-state index is 0.209. The summed E-state index contributed by atoms with van der Waals surface area (Å²) in [7, 11) is -2.28. The Labute approximate surface area is 224 Å². The molecule has 194 valence electrons. The van der Waals surface area contributed by atoms with Gasteiger partial charge in [-0.05, 0) is 54.6 Å². The number of thiophene rings is 1. The number of carboxylic acids is 1. The van der Waals surface area contributed by atoms with Gasteiger partial charge >= 0.3 is 5.97 Å². The van der Waals surface area contributed by atoms with Gasteiger partial charge in [-0.2, -0.15) is 0 Å². The lowest BCUT2D eigenvalue weighted by molar-refractivity contribution is -0.132. The molecule has 0 saturated carbocycles. The Morgan fingerprint density at radius 3 is 2.61 bits per heavy atom. The standard InChI is InChI=1S/C28H37ClN2O3SSi/c1-6-7-14-26-30-18-22(16-21(28(32)33)17-23-11-10-15-35-23)31(26)19-34-36(4,5)27(20(2)3)24-12-8-9-13-25(24)29/h8-13,15-16,18,20,27H,6-7,14,17,19H2,1-5H3,(H,32,33)/b21-16+. The van der Waals surface area contributed by atoms with Crippen molar-refractivity contribution in [3.05, 3.63) is 80.5 Å². The van der Waals surface area contributed by atoms with E-state index >= 15 is 0 Å². The van der Waals surface area contributed by atoms with Crippen LogP contribution in [0.25, 0.3) is 6.08 Å². The molecule has 0 amide bonds. The zero-order chi connectivity index (χ0) is 26.3. The molecule has 3 rings (SSSR count). The lowest BCUT2D eigenvalue weighted by Gasteiger charge is -2.36. The molecule has 2 heterocycles. The Morgan fingerprint density at radius 1 is 1.25 bits per heavy atom. The fourth-order valence-electron chi connectivity index (χ4n) is 4.78. The number of imidazole rings is 1. The summed E-state index contributed by atoms with van der Waals surface area (Å²) in [6.07, 6.45) is 6.79. The van der Waals surface area contributed by atoms with Gasteiger partial charge in [0, 0.05) is 33.9 Å². The van der Waals surface area contributed by atoms with Gasteiger partial charge in [-0.15, -0.1) is 11.3 Å². The van der Waals surface area contributed by atoms with E-state index in [4.69, 9.17) is 16.0 Å². The molecule has 8 heteroatoms. The first-order valence-electron chi connectivity index (χ1n) is 12.5. The van der Waals surface area contributed by atoms with Crippen LogP contribution in [0.2, 0.25) is 18.1 Å². The third-order valence-corrected chi connectivity index (χ3v) is 11.1. The Hall–Kier alpha value is -2.19. The molecule has 0 aliphatic carbocycles. The molecule has 3 aromatic rings. The molecule has 0 fully saturated rings. The normalized spacial score (nSPS) is 13.4. The number of aromatic nitrogens is 2. The molecule has 0 aliphatic heterocycles. The van der Waals surface area contributed by atoms with Crippen LogP contribution >= 0.6 is 22.9 Å². The van der Waals surface area contributed by atoms with Crippen molar-refractivity contribution in [2.45, 2.75) is 71.8 Å². The van der Waals surface area contributed by atoms with Crippen LogP contribution in [0.15, 0.2) is 53.5 Å². The number of benzene rings is 1. The highest BCUT2D eigenvalue weighted by Crippen LogP contribution is 2.38. The van der Waals surface area contributed by atoms with Gasteiger partial charge in [-0.1, -0.05) is 63.1 Å². The van der Waals surface area contributed by atoms with Crippen LogP contribution in [-0.2, 0) is 28.8 Å². The van der Waals surface area contributed by atoms with E-state index in [0.717, 1.165) is 46.2 Å². The number of aryl methyl sites for hydroxylation is 1. The number of aliphatic carboxylic acids is 1. The maximum atomic E-state index is 12.1. The van der Waals surface area contributed by atoms with E-state index in [1.165, 1.54) is 0 Å². The Balaban J connectivity index is 1.93. The highest BCUT2D eigenvalue weighted by atomic mass is 35.5. The number of halogens is 1. The maximum absolute atomic E-state index is 12.1. The minimum Gasteiger partial charge on any atom is -0.478 e. The van der Waals surface area contributed by atoms with Crippen LogP contribution in [-0.4, -0.2) is 28.9 Å². The molecule has 0 spiro atoms. The van der Waals surface area contributed by atoms with E-state index in [1.54, 1.807) is 23.6 Å². The lowest BCUT2D eigenvalue weighted by Crippen LogP contribution is -2.42. The summed E-state index contributed by atoms with van der Waals surface area (Å²) in [5.74, 6) is 0.366. The molecule has 0 bridgehead atoms. The number of nitrogens with zero attached hydrogens (tertiary/aromatic N) is 2. The number of carbonyl (C=O) groups is 1. The molecule has 0 radical (unpaired) electrons. The molecule has 36 heavy (non-hydrogen) atoms. The first kappa shape index (κ1) is 28.4. The van der Waals surface area contributed by atoms with Crippen molar-refractivity contribution in [1.29, 1.82) is 0 Å². The lowest BCUT2D eigenvalue weighted by atomic mass is 10.0. The molecule has 1 atom stereocenters. The summed E-state index contributed by atoms with van der Waals surface area (Å²) in [6, 6.07) is 11.9. The molecular weight excluding hydrogens is 508 g/mol. The van der Waals surface area contributed by atoms with Gasteiger partial charge in [-0.25, -0.2) is 9.78 Å². The number of hydrogen-bond acceptors (Lipinski definition) is 4. The fraction of sp³-hybridized carbons (Fsp3) is 0.429. The zero-order valence-electron chi connectivity index (χ0n) is 21.8. The van der Waals surface area contributed by atoms with Gasteiger partial charge < -0.3 is 14.1 Å². The van der Waals surface area contributed by atoms with Crippen molar-refractivity contribution in [3.8, 4) is 0 Å². The molecule has 1 N–H and O–H groups in total. The van der Waals surface area contributed by atoms with Gasteiger partial charge in [0.2, 0.25) is 0 Å². The maximum Gasteiger partial charge on any atom is 0.332 e. The third kappa shape index (κ3) is 7.19. The second-order valence-corrected chi connectivity index (χ2v) is 15.5. The smallest absolute Gasteiger partial charge is 0.332 e. The van der Waals surface area contributed by atoms with Crippen LogP contribution in [0.5, 0.6) is 0 Å². The number of unbranched alkanes of at least 4 members (excludes halogenated alkanes) is 1. The topological polar surface area (TPSA) is 64.3 Å². The Kier molecular flexibility index (Phi) is 10.1. The van der Waals surface area contributed by atoms with Gasteiger partial charge in [0.1, 0.15) is 12.6 Å². The highest BCUT2D eigenvalue weighted by Gasteiger charge is 2.38. The summed E-state index contributed by atoms with van der Waals surface area (Å²) in [6.45, 7) is 11.4. The third-order valence-electron chi connectivity index (χ3n) is 6.49. The van der Waals surface area contributed by atoms with Crippen LogP contribution < -0.4 is 0 Å². The largest absolute Gasteiger partial charge is 0.478 e. The molecule has 1 aromatic carbocycles. The van der Waals surface area contributed by atoms with Gasteiger partial charge in [-0.3, -0.25) is 0 Å². The van der Waals surface area contributed by atoms with Crippen LogP contribution in [0, 0.1) is 5.92 Å². The predicted molar refractivity (Wildman–Crippen MR) is 152 cm³/mol. The van der Waals surface area contributed by atoms with Crippen molar-refractivity contribution in [2.75, 3.05) is 0 Å². The molecule has 0 aliphatic rings. The van der Waals surface area contributed by atoms with Crippen LogP contribution in [0.4, 0.5) is 0 Å². The van der Waals surface area contributed by atoms with E-state index in [9.17, 15) is 9.90 Å². The number of carboxylic acid groups (broad SMARTS) is 1. The van der Waals surface area contributed by atoms with Crippen molar-refractivity contribution >= 4 is 43.3 Å². The van der Waals surface area contributed by atoms with E-state index in [2.05, 4.69) is 44.9 Å². The van der Waals surface area contributed by atoms with Crippen molar-refractivity contribution < 1.29 is 14.3 Å². The molecular formula is C28H37ClN2O3SSi. The van der Waals surface area contributed by atoms with Gasteiger partial charge in [0.05, 0.1) is 11.9 Å². The van der Waals surface area contributed by atoms with E-state index in [-0.39, 0.29) is 5.54 Å². The summed E-state index contributed by atoms with van der Waals surface area (Å²) in [4.78, 5) is 17.7. The number of rotatable bonds is 13. The van der Waals surface area contributed by atoms with Crippen LogP contribution in [0.1, 0.15) is 61.1 Å². The second-order valence-electron chi connectivity index (χ2n) is 9.98. The highest BCUT2D eigenvalue weighted by molar-refractivity contribution is 7.09. The first-order chi connectivity index (χ1) is 17.1. The van der Waals surface area contributed by atoms with Crippen molar-refractivity contribution in [2.24, 2.45) is 5.92 Å². The molecule has 5 nitrogen and oxygen atoms in total. The molecule has 2 aromatic heterocycles. The monoisotopic (exact) mass is 544 g/mol. The van der Waals surface area contributed by atoms with Crippen LogP contribution in [0.3, 0.4) is 0 Å². The van der Waals surface area contributed by atoms with Crippen molar-refractivity contribution in [3.63, 3.8) is 0 Å². The quantitative estimate of drug-likeness (QED) is 0.176. The van der Waals surface area contributed by atoms with Gasteiger partial charge in [0.15, 0.2) is 8.32 Å². The van der Waals surface area contributed by atoms with E-state index in [1.807, 2.05) is 40.3 Å². The SMILES string of the molecule is CCCCc1ncc(/C=C(\Cc2cccs2)C(=O)O)n1CO[Si](C)(C)C(c1ccccc1Cl)C(C)C. The minimum atomic E-state index is -2.28. The summed E-state index contributed by atoms with van der Waals surface area (Å²) in [5, 5.41) is 12.6. The Bertz CT molecular complexity index is 1170. The predicted octanol–water partition coefficient (Wildman–Crippen LogP) is 7.81. The summed E-state index contributed by atoms with van der Waals surface area (Å²) >= 11 is 8.17. The Morgan fingerprint density at radius 2 is 2.00 bits per heavy atom. The number of hydrogen-bond donors (Lipinski definition) is 1. The second kappa shape index (κ2) is 12.9. The van der Waals surface area contributed by atoms with Crippen molar-refractivity contribution in [1.82, 2.24) is 9.55 Å². The molecule has 0 saturated heterocycles. The zero-order valence-corrected chi connectivity index (χ0v) is 24.4. The summed E-state index contributed by atoms with van der Waals surface area (Å²) < 4.78 is 8.79.